The summed E-state index contributed by atoms with van der Waals surface area (Å²) < 4.78 is 75.8. The molecule has 0 saturated heterocycles. The molecule has 88 valence electrons. The second kappa shape index (κ2) is 4.11. The van der Waals surface area contributed by atoms with Gasteiger partial charge in [-0.25, -0.2) is 4.79 Å². The second-order valence-corrected chi connectivity index (χ2v) is 2.49. The number of methoxy groups -OCH3 is 1. The Balaban J connectivity index is 5.59. The Bertz CT molecular complexity index is 285. The van der Waals surface area contributed by atoms with E-state index in [0.717, 1.165) is 0 Å². The van der Waals surface area contributed by atoms with Crippen LogP contribution in [0.1, 0.15) is 6.92 Å². The first-order chi connectivity index (χ1) is 6.51. The molecule has 0 fully saturated rings. The first-order valence-corrected chi connectivity index (χ1v) is 3.45. The van der Waals surface area contributed by atoms with Crippen molar-refractivity contribution in [2.24, 2.45) is 0 Å². The van der Waals surface area contributed by atoms with Crippen molar-refractivity contribution in [1.29, 1.82) is 0 Å². The largest absolute Gasteiger partial charge is 0.465 e. The van der Waals surface area contributed by atoms with Gasteiger partial charge in [0.25, 0.3) is 0 Å². The van der Waals surface area contributed by atoms with E-state index in [1.165, 1.54) is 0 Å². The van der Waals surface area contributed by atoms with Gasteiger partial charge in [0.15, 0.2) is 0 Å². The quantitative estimate of drug-likeness (QED) is 0.397. The van der Waals surface area contributed by atoms with Crippen molar-refractivity contribution < 1.29 is 35.9 Å². The number of allylic oxidation sites excluding steroid dienone is 1. The monoisotopic (exact) mass is 236 g/mol. The number of carbonyl (C=O) groups excluding carboxylic acids is 1. The summed E-state index contributed by atoms with van der Waals surface area (Å²) in [6.45, 7) is 0.166. The van der Waals surface area contributed by atoms with Crippen molar-refractivity contribution in [3.05, 3.63) is 11.1 Å². The lowest BCUT2D eigenvalue weighted by Gasteiger charge is -2.15. The molecule has 0 aromatic heterocycles. The van der Waals surface area contributed by atoms with Crippen molar-refractivity contribution in [2.75, 3.05) is 7.11 Å². The van der Waals surface area contributed by atoms with Crippen LogP contribution in [-0.4, -0.2) is 25.4 Å². The standard InChI is InChI=1S/C7H6F6O2/c1-3(6(8,9)10)4(5(14)15-2)7(11,12)13/h1-2H3/b4-3+. The lowest BCUT2D eigenvalue weighted by Crippen LogP contribution is -2.27. The molecule has 15 heavy (non-hydrogen) atoms. The van der Waals surface area contributed by atoms with E-state index < -0.39 is 29.5 Å². The molecule has 0 aromatic carbocycles. The molecule has 0 aliphatic carbocycles. The van der Waals surface area contributed by atoms with Crippen LogP contribution in [0.5, 0.6) is 0 Å². The van der Waals surface area contributed by atoms with Gasteiger partial charge < -0.3 is 4.74 Å². The smallest absolute Gasteiger partial charge is 0.423 e. The Morgan fingerprint density at radius 1 is 1.00 bits per heavy atom. The Labute approximate surface area is 80.5 Å². The molecule has 0 N–H and O–H groups in total. The van der Waals surface area contributed by atoms with E-state index in [1.807, 2.05) is 0 Å². The number of alkyl halides is 6. The van der Waals surface area contributed by atoms with E-state index in [-0.39, 0.29) is 6.92 Å². The molecule has 0 spiro atoms. The highest BCUT2D eigenvalue weighted by Gasteiger charge is 2.47. The Morgan fingerprint density at radius 3 is 1.60 bits per heavy atom. The molecule has 0 unspecified atom stereocenters. The lowest BCUT2D eigenvalue weighted by molar-refractivity contribution is -0.152. The molecule has 0 amide bonds. The summed E-state index contributed by atoms with van der Waals surface area (Å²) in [6, 6.07) is 0. The molecule has 0 aliphatic rings. The topological polar surface area (TPSA) is 26.3 Å². The Kier molecular flexibility index (Phi) is 3.78. The van der Waals surface area contributed by atoms with Gasteiger partial charge in [0.05, 0.1) is 7.11 Å². The van der Waals surface area contributed by atoms with Gasteiger partial charge in [0, 0.05) is 5.57 Å². The zero-order valence-electron chi connectivity index (χ0n) is 7.58. The SMILES string of the molecule is COC(=O)/C(=C(/C)C(F)(F)F)C(F)(F)F. The van der Waals surface area contributed by atoms with Crippen LogP contribution in [0.25, 0.3) is 0 Å². The minimum absolute atomic E-state index is 0.166. The van der Waals surface area contributed by atoms with Crippen LogP contribution >= 0.6 is 0 Å². The Morgan fingerprint density at radius 2 is 1.40 bits per heavy atom. The van der Waals surface area contributed by atoms with Crippen LogP contribution < -0.4 is 0 Å². The van der Waals surface area contributed by atoms with Gasteiger partial charge in [-0.1, -0.05) is 0 Å². The van der Waals surface area contributed by atoms with Gasteiger partial charge in [-0.15, -0.1) is 0 Å². The zero-order chi connectivity index (χ0) is 12.4. The van der Waals surface area contributed by atoms with E-state index in [0.29, 0.717) is 7.11 Å². The van der Waals surface area contributed by atoms with Gasteiger partial charge in [-0.2, -0.15) is 26.3 Å². The minimum atomic E-state index is -5.40. The van der Waals surface area contributed by atoms with Crippen molar-refractivity contribution in [3.8, 4) is 0 Å². The number of rotatable bonds is 1. The number of hydrogen-bond acceptors (Lipinski definition) is 2. The number of ether oxygens (including phenoxy) is 1. The lowest BCUT2D eigenvalue weighted by atomic mass is 10.1. The van der Waals surface area contributed by atoms with Crippen LogP contribution in [-0.2, 0) is 9.53 Å². The van der Waals surface area contributed by atoms with E-state index in [4.69, 9.17) is 0 Å². The van der Waals surface area contributed by atoms with E-state index in [1.54, 1.807) is 0 Å². The fourth-order valence-corrected chi connectivity index (χ4v) is 0.725. The highest BCUT2D eigenvalue weighted by Crippen LogP contribution is 2.36. The molecule has 0 aromatic rings. The number of carbonyl (C=O) groups is 1. The van der Waals surface area contributed by atoms with Crippen molar-refractivity contribution in [1.82, 2.24) is 0 Å². The zero-order valence-corrected chi connectivity index (χ0v) is 7.58. The fourth-order valence-electron chi connectivity index (χ4n) is 0.725. The fraction of sp³-hybridized carbons (Fsp3) is 0.571. The molecule has 0 saturated carbocycles. The van der Waals surface area contributed by atoms with Crippen LogP contribution in [0.15, 0.2) is 11.1 Å². The maximum absolute atomic E-state index is 12.1. The molecule has 8 heteroatoms. The molecular weight excluding hydrogens is 230 g/mol. The molecular formula is C7H6F6O2. The average Bonchev–Trinajstić information content (AvgIpc) is 1.99. The van der Waals surface area contributed by atoms with Crippen LogP contribution in [0, 0.1) is 0 Å². The summed E-state index contributed by atoms with van der Waals surface area (Å²) in [5.74, 6) is -2.06. The first-order valence-electron chi connectivity index (χ1n) is 3.45. The van der Waals surface area contributed by atoms with Crippen molar-refractivity contribution in [2.45, 2.75) is 19.3 Å². The van der Waals surface area contributed by atoms with Crippen LogP contribution in [0.3, 0.4) is 0 Å². The molecule has 0 bridgehead atoms. The minimum Gasteiger partial charge on any atom is -0.465 e. The number of hydrogen-bond donors (Lipinski definition) is 0. The van der Waals surface area contributed by atoms with Gasteiger partial charge in [0.1, 0.15) is 5.57 Å². The highest BCUT2D eigenvalue weighted by atomic mass is 19.4. The van der Waals surface area contributed by atoms with E-state index >= 15 is 0 Å². The maximum Gasteiger partial charge on any atom is 0.423 e. The maximum atomic E-state index is 12.1. The molecule has 0 heterocycles. The van der Waals surface area contributed by atoms with Gasteiger partial charge in [-0.3, -0.25) is 0 Å². The summed E-state index contributed by atoms with van der Waals surface area (Å²) in [4.78, 5) is 10.5. The van der Waals surface area contributed by atoms with Gasteiger partial charge in [0.2, 0.25) is 0 Å². The third-order valence-electron chi connectivity index (χ3n) is 1.47. The van der Waals surface area contributed by atoms with Crippen molar-refractivity contribution in [3.63, 3.8) is 0 Å². The molecule has 0 atom stereocenters. The van der Waals surface area contributed by atoms with Crippen LogP contribution in [0.4, 0.5) is 26.3 Å². The summed E-state index contributed by atoms with van der Waals surface area (Å²) in [5.41, 5.74) is -4.36. The molecule has 0 radical (unpaired) electrons. The number of esters is 1. The summed E-state index contributed by atoms with van der Waals surface area (Å²) in [5, 5.41) is 0. The second-order valence-electron chi connectivity index (χ2n) is 2.49. The third-order valence-corrected chi connectivity index (χ3v) is 1.47. The van der Waals surface area contributed by atoms with Gasteiger partial charge >= 0.3 is 18.3 Å². The molecule has 0 aliphatic heterocycles. The normalized spacial score (nSPS) is 14.7. The van der Waals surface area contributed by atoms with E-state index in [9.17, 15) is 31.1 Å². The predicted molar refractivity (Wildman–Crippen MR) is 36.8 cm³/mol. The van der Waals surface area contributed by atoms with Gasteiger partial charge in [-0.05, 0) is 6.92 Å². The molecule has 2 nitrogen and oxygen atoms in total. The number of halogens is 6. The summed E-state index contributed by atoms with van der Waals surface area (Å²) in [7, 11) is 0.567. The molecule has 0 rings (SSSR count). The summed E-state index contributed by atoms with van der Waals surface area (Å²) >= 11 is 0. The average molecular weight is 236 g/mol. The summed E-state index contributed by atoms with van der Waals surface area (Å²) in [6.07, 6.45) is -10.6. The highest BCUT2D eigenvalue weighted by molar-refractivity contribution is 5.90. The predicted octanol–water partition coefficient (Wildman–Crippen LogP) is 2.60. The van der Waals surface area contributed by atoms with Crippen LogP contribution in [0.2, 0.25) is 0 Å². The third kappa shape index (κ3) is 3.45. The Hall–Kier alpha value is -1.21. The first kappa shape index (κ1) is 13.8. The van der Waals surface area contributed by atoms with E-state index in [2.05, 4.69) is 4.74 Å². The van der Waals surface area contributed by atoms with Crippen molar-refractivity contribution >= 4 is 5.97 Å².